The molecule has 1 heterocycles. The van der Waals surface area contributed by atoms with Crippen LogP contribution >= 0.6 is 11.6 Å². The van der Waals surface area contributed by atoms with E-state index in [0.29, 0.717) is 12.2 Å². The van der Waals surface area contributed by atoms with Gasteiger partial charge in [-0.15, -0.1) is 0 Å². The molecule has 1 aromatic rings. The van der Waals surface area contributed by atoms with E-state index in [9.17, 15) is 9.18 Å². The molecule has 1 aromatic carbocycles. The van der Waals surface area contributed by atoms with Gasteiger partial charge in [0.1, 0.15) is 5.82 Å². The maximum Gasteiger partial charge on any atom is 0.238 e. The van der Waals surface area contributed by atoms with Gasteiger partial charge >= 0.3 is 0 Å². The lowest BCUT2D eigenvalue weighted by Gasteiger charge is -2.29. The van der Waals surface area contributed by atoms with Gasteiger partial charge in [-0.05, 0) is 31.0 Å². The number of anilines is 1. The number of carbonyl (C=O) groups is 1. The van der Waals surface area contributed by atoms with Crippen molar-refractivity contribution in [2.24, 2.45) is 5.73 Å². The minimum Gasteiger partial charge on any atom is -0.328 e. The predicted octanol–water partition coefficient (Wildman–Crippen LogP) is 1.84. The zero-order chi connectivity index (χ0) is 13.8. The zero-order valence-electron chi connectivity index (χ0n) is 10.5. The van der Waals surface area contributed by atoms with Crippen LogP contribution in [0.1, 0.15) is 12.8 Å². The molecule has 0 aromatic heterocycles. The van der Waals surface area contributed by atoms with Crippen molar-refractivity contribution in [3.05, 3.63) is 29.0 Å². The maximum atomic E-state index is 13.0. The SMILES string of the molecule is NC1CCN(CC(=O)Nc2ccc(F)c(Cl)c2)CC1. The van der Waals surface area contributed by atoms with Gasteiger partial charge in [-0.2, -0.15) is 0 Å². The molecule has 2 rings (SSSR count). The van der Waals surface area contributed by atoms with Crippen molar-refractivity contribution >= 4 is 23.2 Å². The summed E-state index contributed by atoms with van der Waals surface area (Å²) in [7, 11) is 0. The minimum atomic E-state index is -0.496. The molecule has 104 valence electrons. The summed E-state index contributed by atoms with van der Waals surface area (Å²) < 4.78 is 13.0. The van der Waals surface area contributed by atoms with E-state index in [-0.39, 0.29) is 17.0 Å². The van der Waals surface area contributed by atoms with Gasteiger partial charge in [0.25, 0.3) is 0 Å². The van der Waals surface area contributed by atoms with Gasteiger partial charge < -0.3 is 11.1 Å². The molecule has 19 heavy (non-hydrogen) atoms. The highest BCUT2D eigenvalue weighted by Crippen LogP contribution is 2.19. The van der Waals surface area contributed by atoms with Crippen LogP contribution in [-0.2, 0) is 4.79 Å². The van der Waals surface area contributed by atoms with Crippen LogP contribution in [0, 0.1) is 5.82 Å². The Kier molecular flexibility index (Phi) is 4.74. The highest BCUT2D eigenvalue weighted by Gasteiger charge is 2.18. The standard InChI is InChI=1S/C13H17ClFN3O/c14-11-7-10(1-2-12(11)15)17-13(19)8-18-5-3-9(16)4-6-18/h1-2,7,9H,3-6,8,16H2,(H,17,19). The second-order valence-electron chi connectivity index (χ2n) is 4.79. The number of halogens is 2. The largest absolute Gasteiger partial charge is 0.328 e. The van der Waals surface area contributed by atoms with Gasteiger partial charge in [-0.1, -0.05) is 11.6 Å². The smallest absolute Gasteiger partial charge is 0.238 e. The third-order valence-electron chi connectivity index (χ3n) is 3.20. The van der Waals surface area contributed by atoms with Crippen molar-refractivity contribution in [1.29, 1.82) is 0 Å². The van der Waals surface area contributed by atoms with Gasteiger partial charge in [0, 0.05) is 24.8 Å². The molecule has 1 fully saturated rings. The number of amides is 1. The van der Waals surface area contributed by atoms with E-state index in [2.05, 4.69) is 10.2 Å². The van der Waals surface area contributed by atoms with Crippen molar-refractivity contribution in [3.63, 3.8) is 0 Å². The monoisotopic (exact) mass is 285 g/mol. The van der Waals surface area contributed by atoms with E-state index in [1.165, 1.54) is 18.2 Å². The topological polar surface area (TPSA) is 58.4 Å². The van der Waals surface area contributed by atoms with Crippen LogP contribution in [0.2, 0.25) is 5.02 Å². The zero-order valence-corrected chi connectivity index (χ0v) is 11.3. The number of hydrogen-bond donors (Lipinski definition) is 2. The summed E-state index contributed by atoms with van der Waals surface area (Å²) >= 11 is 5.65. The van der Waals surface area contributed by atoms with Crippen molar-refractivity contribution in [1.82, 2.24) is 4.90 Å². The third-order valence-corrected chi connectivity index (χ3v) is 3.49. The lowest BCUT2D eigenvalue weighted by atomic mass is 10.1. The Morgan fingerprint density at radius 2 is 2.16 bits per heavy atom. The van der Waals surface area contributed by atoms with Crippen LogP contribution in [0.5, 0.6) is 0 Å². The fourth-order valence-electron chi connectivity index (χ4n) is 2.09. The third kappa shape index (κ3) is 4.16. The van der Waals surface area contributed by atoms with Crippen LogP contribution in [0.3, 0.4) is 0 Å². The Hall–Kier alpha value is -1.17. The Labute approximate surface area is 116 Å². The highest BCUT2D eigenvalue weighted by molar-refractivity contribution is 6.31. The van der Waals surface area contributed by atoms with Gasteiger partial charge in [0.2, 0.25) is 5.91 Å². The molecule has 0 radical (unpaired) electrons. The Morgan fingerprint density at radius 1 is 1.47 bits per heavy atom. The quantitative estimate of drug-likeness (QED) is 0.891. The predicted molar refractivity (Wildman–Crippen MR) is 73.7 cm³/mol. The van der Waals surface area contributed by atoms with E-state index < -0.39 is 5.82 Å². The Balaban J connectivity index is 1.85. The van der Waals surface area contributed by atoms with E-state index in [1.807, 2.05) is 0 Å². The molecule has 1 aliphatic rings. The molecule has 0 saturated carbocycles. The number of likely N-dealkylation sites (tertiary alicyclic amines) is 1. The number of hydrogen-bond acceptors (Lipinski definition) is 3. The fourth-order valence-corrected chi connectivity index (χ4v) is 2.27. The summed E-state index contributed by atoms with van der Waals surface area (Å²) in [5.41, 5.74) is 6.31. The van der Waals surface area contributed by atoms with Crippen LogP contribution < -0.4 is 11.1 Å². The number of nitrogens with zero attached hydrogens (tertiary/aromatic N) is 1. The molecular formula is C13H17ClFN3O. The summed E-state index contributed by atoms with van der Waals surface area (Å²) in [5, 5.41) is 2.71. The van der Waals surface area contributed by atoms with Crippen molar-refractivity contribution in [3.8, 4) is 0 Å². The lowest BCUT2D eigenvalue weighted by molar-refractivity contribution is -0.117. The molecule has 0 atom stereocenters. The number of benzene rings is 1. The van der Waals surface area contributed by atoms with Crippen LogP contribution in [0.4, 0.5) is 10.1 Å². The molecule has 1 amide bonds. The molecule has 6 heteroatoms. The summed E-state index contributed by atoms with van der Waals surface area (Å²) in [5.74, 6) is -0.622. The van der Waals surface area contributed by atoms with Crippen molar-refractivity contribution in [2.45, 2.75) is 18.9 Å². The summed E-state index contributed by atoms with van der Waals surface area (Å²) in [4.78, 5) is 13.9. The number of carbonyl (C=O) groups excluding carboxylic acids is 1. The summed E-state index contributed by atoms with van der Waals surface area (Å²) in [6, 6.07) is 4.37. The van der Waals surface area contributed by atoms with Gasteiger partial charge in [-0.25, -0.2) is 4.39 Å². The average Bonchev–Trinajstić information content (AvgIpc) is 2.37. The lowest BCUT2D eigenvalue weighted by Crippen LogP contribution is -2.43. The Morgan fingerprint density at radius 3 is 2.79 bits per heavy atom. The molecule has 0 aliphatic carbocycles. The maximum absolute atomic E-state index is 13.0. The normalized spacial score (nSPS) is 17.4. The minimum absolute atomic E-state index is 0.00162. The molecule has 4 nitrogen and oxygen atoms in total. The molecule has 1 aliphatic heterocycles. The van der Waals surface area contributed by atoms with E-state index in [1.54, 1.807) is 0 Å². The highest BCUT2D eigenvalue weighted by atomic mass is 35.5. The molecular weight excluding hydrogens is 269 g/mol. The second-order valence-corrected chi connectivity index (χ2v) is 5.20. The van der Waals surface area contributed by atoms with Crippen LogP contribution in [-0.4, -0.2) is 36.5 Å². The van der Waals surface area contributed by atoms with E-state index in [4.69, 9.17) is 17.3 Å². The fraction of sp³-hybridized carbons (Fsp3) is 0.462. The first-order valence-corrected chi connectivity index (χ1v) is 6.65. The van der Waals surface area contributed by atoms with Crippen LogP contribution in [0.15, 0.2) is 18.2 Å². The van der Waals surface area contributed by atoms with Gasteiger partial charge in [-0.3, -0.25) is 9.69 Å². The van der Waals surface area contributed by atoms with Crippen LogP contribution in [0.25, 0.3) is 0 Å². The number of rotatable bonds is 3. The molecule has 3 N–H and O–H groups in total. The molecule has 0 bridgehead atoms. The Bertz CT molecular complexity index is 461. The first-order chi connectivity index (χ1) is 9.04. The summed E-state index contributed by atoms with van der Waals surface area (Å²) in [6.45, 7) is 1.99. The van der Waals surface area contributed by atoms with Crippen molar-refractivity contribution in [2.75, 3.05) is 25.0 Å². The van der Waals surface area contributed by atoms with Crippen molar-refractivity contribution < 1.29 is 9.18 Å². The first kappa shape index (κ1) is 14.2. The number of nitrogens with one attached hydrogen (secondary N) is 1. The molecule has 0 spiro atoms. The van der Waals surface area contributed by atoms with E-state index in [0.717, 1.165) is 25.9 Å². The number of piperidine rings is 1. The van der Waals surface area contributed by atoms with Gasteiger partial charge in [0.05, 0.1) is 11.6 Å². The average molecular weight is 286 g/mol. The van der Waals surface area contributed by atoms with E-state index >= 15 is 0 Å². The number of nitrogens with two attached hydrogens (primary N) is 1. The molecule has 1 saturated heterocycles. The summed E-state index contributed by atoms with van der Waals surface area (Å²) in [6.07, 6.45) is 1.82. The second kappa shape index (κ2) is 6.32. The first-order valence-electron chi connectivity index (χ1n) is 6.27. The van der Waals surface area contributed by atoms with Gasteiger partial charge in [0.15, 0.2) is 0 Å². The molecule has 0 unspecified atom stereocenters.